The van der Waals surface area contributed by atoms with Crippen molar-refractivity contribution in [3.05, 3.63) is 34.9 Å². The Balaban J connectivity index is 2.23. The smallest absolute Gasteiger partial charge is 0.0948 e. The second-order valence-corrected chi connectivity index (χ2v) is 7.29. The maximum Gasteiger partial charge on any atom is 0.0948 e. The minimum atomic E-state index is -0.126. The molecule has 0 heterocycles. The highest BCUT2D eigenvalue weighted by atomic mass is 35.5. The van der Waals surface area contributed by atoms with Crippen LogP contribution in [0.1, 0.15) is 58.9 Å². The third kappa shape index (κ3) is 4.04. The minimum absolute atomic E-state index is 0.126. The summed E-state index contributed by atoms with van der Waals surface area (Å²) >= 11 is 6.08. The van der Waals surface area contributed by atoms with Crippen LogP contribution in [0.3, 0.4) is 0 Å². The van der Waals surface area contributed by atoms with Crippen LogP contribution in [0.15, 0.2) is 24.3 Å². The van der Waals surface area contributed by atoms with Gasteiger partial charge in [0.1, 0.15) is 0 Å². The number of benzene rings is 1. The zero-order chi connectivity index (χ0) is 16.2. The zero-order valence-electron chi connectivity index (χ0n) is 14.5. The molecule has 0 radical (unpaired) electrons. The lowest BCUT2D eigenvalue weighted by atomic mass is 9.86. The van der Waals surface area contributed by atoms with Crippen molar-refractivity contribution in [3.63, 3.8) is 0 Å². The van der Waals surface area contributed by atoms with Crippen molar-refractivity contribution in [3.8, 4) is 0 Å². The van der Waals surface area contributed by atoms with E-state index in [-0.39, 0.29) is 5.66 Å². The SMILES string of the molecule is CCN(CC)C(C)(NC1CCC(C)CC1)c1ccc(Cl)cc1. The molecule has 1 saturated carbocycles. The van der Waals surface area contributed by atoms with E-state index in [0.29, 0.717) is 6.04 Å². The predicted molar refractivity (Wildman–Crippen MR) is 96.3 cm³/mol. The van der Waals surface area contributed by atoms with Crippen molar-refractivity contribution >= 4 is 11.6 Å². The van der Waals surface area contributed by atoms with Crippen molar-refractivity contribution in [2.24, 2.45) is 5.92 Å². The molecule has 1 aromatic carbocycles. The zero-order valence-corrected chi connectivity index (χ0v) is 15.3. The molecule has 0 saturated heterocycles. The Morgan fingerprint density at radius 2 is 1.64 bits per heavy atom. The number of halogens is 1. The first kappa shape index (κ1) is 17.8. The van der Waals surface area contributed by atoms with Crippen molar-refractivity contribution in [1.29, 1.82) is 0 Å². The van der Waals surface area contributed by atoms with E-state index in [2.05, 4.69) is 50.0 Å². The Kier molecular flexibility index (Phi) is 6.31. The van der Waals surface area contributed by atoms with Gasteiger partial charge in [-0.25, -0.2) is 0 Å². The number of nitrogens with zero attached hydrogens (tertiary/aromatic N) is 1. The maximum atomic E-state index is 6.08. The average molecular weight is 323 g/mol. The third-order valence-electron chi connectivity index (χ3n) is 5.30. The monoisotopic (exact) mass is 322 g/mol. The molecule has 1 aliphatic rings. The standard InChI is InChI=1S/C19H31ClN2/c1-5-22(6-2)19(4,16-9-11-17(20)12-10-16)21-18-13-7-15(3)8-14-18/h9-12,15,18,21H,5-8,13-14H2,1-4H3. The van der Waals surface area contributed by atoms with E-state index in [1.54, 1.807) is 0 Å². The average Bonchev–Trinajstić information content (AvgIpc) is 2.51. The van der Waals surface area contributed by atoms with E-state index in [0.717, 1.165) is 24.0 Å². The van der Waals surface area contributed by atoms with Gasteiger partial charge >= 0.3 is 0 Å². The lowest BCUT2D eigenvalue weighted by Gasteiger charge is -2.45. The molecule has 0 aromatic heterocycles. The molecular formula is C19H31ClN2. The predicted octanol–water partition coefficient (Wildman–Crippen LogP) is 5.02. The Bertz CT molecular complexity index is 447. The van der Waals surface area contributed by atoms with Crippen molar-refractivity contribution in [2.45, 2.75) is 65.1 Å². The molecule has 0 spiro atoms. The second kappa shape index (κ2) is 7.81. The molecule has 1 aliphatic carbocycles. The fraction of sp³-hybridized carbons (Fsp3) is 0.684. The van der Waals surface area contributed by atoms with Gasteiger partial charge < -0.3 is 0 Å². The van der Waals surface area contributed by atoms with Gasteiger partial charge in [0.2, 0.25) is 0 Å². The van der Waals surface area contributed by atoms with Gasteiger partial charge in [-0.05, 0) is 69.3 Å². The van der Waals surface area contributed by atoms with E-state index in [1.165, 1.54) is 31.2 Å². The molecule has 1 aromatic rings. The van der Waals surface area contributed by atoms with E-state index < -0.39 is 0 Å². The Hall–Kier alpha value is -0.570. The third-order valence-corrected chi connectivity index (χ3v) is 5.56. The molecule has 1 N–H and O–H groups in total. The first-order valence-corrected chi connectivity index (χ1v) is 9.16. The normalized spacial score (nSPS) is 25.2. The molecule has 124 valence electrons. The second-order valence-electron chi connectivity index (χ2n) is 6.85. The van der Waals surface area contributed by atoms with Crippen LogP contribution in [0, 0.1) is 5.92 Å². The molecule has 3 heteroatoms. The maximum absolute atomic E-state index is 6.08. The van der Waals surface area contributed by atoms with Crippen molar-refractivity contribution in [2.75, 3.05) is 13.1 Å². The highest BCUT2D eigenvalue weighted by Gasteiger charge is 2.34. The van der Waals surface area contributed by atoms with Crippen molar-refractivity contribution < 1.29 is 0 Å². The molecular weight excluding hydrogens is 292 g/mol. The highest BCUT2D eigenvalue weighted by Crippen LogP contribution is 2.31. The number of rotatable bonds is 6. The number of hydrogen-bond donors (Lipinski definition) is 1. The summed E-state index contributed by atoms with van der Waals surface area (Å²) in [6.07, 6.45) is 5.25. The summed E-state index contributed by atoms with van der Waals surface area (Å²) in [5, 5.41) is 4.78. The minimum Gasteiger partial charge on any atom is -0.293 e. The van der Waals surface area contributed by atoms with Crippen molar-refractivity contribution in [1.82, 2.24) is 10.2 Å². The van der Waals surface area contributed by atoms with Crippen LogP contribution in [0.2, 0.25) is 5.02 Å². The molecule has 2 nitrogen and oxygen atoms in total. The lowest BCUT2D eigenvalue weighted by molar-refractivity contribution is 0.0566. The van der Waals surface area contributed by atoms with Gasteiger partial charge in [-0.1, -0.05) is 44.5 Å². The van der Waals surface area contributed by atoms with Gasteiger partial charge in [-0.3, -0.25) is 10.2 Å². The molecule has 22 heavy (non-hydrogen) atoms. The van der Waals surface area contributed by atoms with E-state index in [4.69, 9.17) is 11.6 Å². The first-order valence-electron chi connectivity index (χ1n) is 8.78. The van der Waals surface area contributed by atoms with Gasteiger partial charge in [0.15, 0.2) is 0 Å². The molecule has 1 fully saturated rings. The summed E-state index contributed by atoms with van der Waals surface area (Å²) in [5.41, 5.74) is 1.18. The Morgan fingerprint density at radius 1 is 1.09 bits per heavy atom. The van der Waals surface area contributed by atoms with E-state index >= 15 is 0 Å². The highest BCUT2D eigenvalue weighted by molar-refractivity contribution is 6.30. The quantitative estimate of drug-likeness (QED) is 0.739. The van der Waals surface area contributed by atoms with Crippen LogP contribution in [0.4, 0.5) is 0 Å². The largest absolute Gasteiger partial charge is 0.293 e. The van der Waals surface area contributed by atoms with Crippen LogP contribution in [-0.4, -0.2) is 24.0 Å². The summed E-state index contributed by atoms with van der Waals surface area (Å²) in [5.74, 6) is 0.883. The van der Waals surface area contributed by atoms with Gasteiger partial charge in [-0.2, -0.15) is 0 Å². The van der Waals surface area contributed by atoms with E-state index in [1.807, 2.05) is 12.1 Å². The fourth-order valence-electron chi connectivity index (χ4n) is 3.79. The molecule has 1 unspecified atom stereocenters. The summed E-state index contributed by atoms with van der Waals surface area (Å²) in [6.45, 7) is 11.2. The first-order chi connectivity index (χ1) is 10.5. The topological polar surface area (TPSA) is 15.3 Å². The van der Waals surface area contributed by atoms with Crippen LogP contribution in [-0.2, 0) is 5.66 Å². The van der Waals surface area contributed by atoms with Gasteiger partial charge in [0.05, 0.1) is 5.66 Å². The van der Waals surface area contributed by atoms with Gasteiger partial charge in [0, 0.05) is 11.1 Å². The summed E-state index contributed by atoms with van der Waals surface area (Å²) in [4.78, 5) is 2.51. The lowest BCUT2D eigenvalue weighted by Crippen LogP contribution is -2.57. The number of hydrogen-bond acceptors (Lipinski definition) is 2. The van der Waals surface area contributed by atoms with Crippen LogP contribution < -0.4 is 5.32 Å². The summed E-state index contributed by atoms with van der Waals surface area (Å²) < 4.78 is 0. The van der Waals surface area contributed by atoms with Gasteiger partial charge in [-0.15, -0.1) is 0 Å². The molecule has 0 aliphatic heterocycles. The van der Waals surface area contributed by atoms with E-state index in [9.17, 15) is 0 Å². The number of nitrogens with one attached hydrogen (secondary N) is 1. The molecule has 1 atom stereocenters. The van der Waals surface area contributed by atoms with Gasteiger partial charge in [0.25, 0.3) is 0 Å². The van der Waals surface area contributed by atoms with Crippen LogP contribution in [0.25, 0.3) is 0 Å². The Morgan fingerprint density at radius 3 is 2.14 bits per heavy atom. The van der Waals surface area contributed by atoms with Crippen LogP contribution in [0.5, 0.6) is 0 Å². The molecule has 0 bridgehead atoms. The molecule has 2 rings (SSSR count). The molecule has 0 amide bonds. The van der Waals surface area contributed by atoms with Crippen LogP contribution >= 0.6 is 11.6 Å². The summed E-state index contributed by atoms with van der Waals surface area (Å²) in [7, 11) is 0. The fourth-order valence-corrected chi connectivity index (χ4v) is 3.92. The summed E-state index contributed by atoms with van der Waals surface area (Å²) in [6, 6.07) is 8.95. The Labute approximate surface area is 141 Å².